The highest BCUT2D eigenvalue weighted by Gasteiger charge is 2.27. The summed E-state index contributed by atoms with van der Waals surface area (Å²) in [5, 5.41) is 13.0. The highest BCUT2D eigenvalue weighted by Crippen LogP contribution is 2.29. The van der Waals surface area contributed by atoms with Crippen molar-refractivity contribution in [3.8, 4) is 0 Å². The van der Waals surface area contributed by atoms with Crippen LogP contribution >= 0.6 is 0 Å². The Kier molecular flexibility index (Phi) is 4.33. The lowest BCUT2D eigenvalue weighted by molar-refractivity contribution is 0.200. The molecular weight excluding hydrogens is 343 g/mol. The third-order valence-corrected chi connectivity index (χ3v) is 5.75. The molecule has 140 valence electrons. The van der Waals surface area contributed by atoms with Crippen molar-refractivity contribution in [2.24, 2.45) is 0 Å². The average molecular weight is 366 g/mol. The number of fused-ring (bicyclic) bond motifs is 2. The van der Waals surface area contributed by atoms with Crippen molar-refractivity contribution in [1.82, 2.24) is 30.0 Å². The molecule has 0 aliphatic carbocycles. The smallest absolute Gasteiger partial charge is 0.147 e. The Labute approximate surface area is 157 Å². The van der Waals surface area contributed by atoms with Crippen LogP contribution < -0.4 is 5.32 Å². The number of likely N-dealkylation sites (tertiary alicyclic amines) is 1. The van der Waals surface area contributed by atoms with Crippen LogP contribution in [0.2, 0.25) is 0 Å². The van der Waals surface area contributed by atoms with Gasteiger partial charge < -0.3 is 9.88 Å². The number of rotatable bonds is 3. The van der Waals surface area contributed by atoms with Crippen molar-refractivity contribution in [2.75, 3.05) is 19.6 Å². The van der Waals surface area contributed by atoms with E-state index in [1.165, 1.54) is 0 Å². The highest BCUT2D eigenvalue weighted by molar-refractivity contribution is 5.81. The van der Waals surface area contributed by atoms with E-state index in [0.29, 0.717) is 5.92 Å². The normalized spacial score (nSPS) is 18.7. The van der Waals surface area contributed by atoms with Crippen LogP contribution in [0.4, 0.5) is 4.39 Å². The summed E-state index contributed by atoms with van der Waals surface area (Å²) in [7, 11) is 0. The topological polar surface area (TPSA) is 58.9 Å². The monoisotopic (exact) mass is 366 g/mol. The Morgan fingerprint density at radius 2 is 2.04 bits per heavy atom. The first-order valence-electron chi connectivity index (χ1n) is 9.66. The van der Waals surface area contributed by atoms with Crippen molar-refractivity contribution >= 4 is 10.9 Å². The maximum absolute atomic E-state index is 14.0. The predicted octanol–water partition coefficient (Wildman–Crippen LogP) is 2.45. The fourth-order valence-electron chi connectivity index (χ4n) is 4.35. The van der Waals surface area contributed by atoms with Crippen LogP contribution in [0.25, 0.3) is 10.9 Å². The standard InChI is InChI=1S/C20H23FN6/c21-17-10-15-2-1-5-23-19(15)16(11-17)13-26-7-3-14(4-8-26)20-25-24-18-12-22-6-9-27(18)20/h1-2,5,10-11,14,22H,3-4,6-9,12-13H2. The number of nitrogens with zero attached hydrogens (tertiary/aromatic N) is 5. The quantitative estimate of drug-likeness (QED) is 0.772. The molecule has 4 heterocycles. The summed E-state index contributed by atoms with van der Waals surface area (Å²) in [6, 6.07) is 6.96. The predicted molar refractivity (Wildman–Crippen MR) is 101 cm³/mol. The minimum absolute atomic E-state index is 0.191. The molecule has 0 radical (unpaired) electrons. The van der Waals surface area contributed by atoms with E-state index >= 15 is 0 Å². The summed E-state index contributed by atoms with van der Waals surface area (Å²) in [6.45, 7) is 5.45. The Morgan fingerprint density at radius 3 is 2.93 bits per heavy atom. The molecule has 7 heteroatoms. The summed E-state index contributed by atoms with van der Waals surface area (Å²) in [6.07, 6.45) is 3.90. The van der Waals surface area contributed by atoms with E-state index in [0.717, 1.165) is 80.2 Å². The average Bonchev–Trinajstić information content (AvgIpc) is 3.13. The van der Waals surface area contributed by atoms with Crippen LogP contribution in [-0.4, -0.2) is 44.3 Å². The van der Waals surface area contributed by atoms with Gasteiger partial charge >= 0.3 is 0 Å². The van der Waals surface area contributed by atoms with Crippen LogP contribution in [0.5, 0.6) is 0 Å². The lowest BCUT2D eigenvalue weighted by atomic mass is 9.95. The molecule has 3 aromatic rings. The van der Waals surface area contributed by atoms with Gasteiger partial charge in [0.05, 0.1) is 12.1 Å². The number of hydrogen-bond donors (Lipinski definition) is 1. The van der Waals surface area contributed by atoms with Crippen molar-refractivity contribution in [1.29, 1.82) is 0 Å². The van der Waals surface area contributed by atoms with Gasteiger partial charge in [0.1, 0.15) is 17.5 Å². The third kappa shape index (κ3) is 3.21. The first-order valence-corrected chi connectivity index (χ1v) is 9.66. The number of pyridine rings is 1. The van der Waals surface area contributed by atoms with Crippen LogP contribution in [0.15, 0.2) is 30.5 Å². The number of nitrogens with one attached hydrogen (secondary N) is 1. The van der Waals surface area contributed by atoms with Gasteiger partial charge in [0.15, 0.2) is 0 Å². The molecule has 0 saturated carbocycles. The molecule has 2 aliphatic heterocycles. The van der Waals surface area contributed by atoms with E-state index in [1.54, 1.807) is 18.3 Å². The fraction of sp³-hybridized carbons (Fsp3) is 0.450. The van der Waals surface area contributed by atoms with Gasteiger partial charge in [0, 0.05) is 37.1 Å². The van der Waals surface area contributed by atoms with Gasteiger partial charge in [-0.05, 0) is 49.7 Å². The zero-order valence-electron chi connectivity index (χ0n) is 15.2. The second-order valence-electron chi connectivity index (χ2n) is 7.49. The molecule has 0 unspecified atom stereocenters. The van der Waals surface area contributed by atoms with Gasteiger partial charge in [-0.1, -0.05) is 6.07 Å². The Morgan fingerprint density at radius 1 is 1.15 bits per heavy atom. The molecule has 0 bridgehead atoms. The molecule has 0 spiro atoms. The Hall–Kier alpha value is -2.38. The minimum Gasteiger partial charge on any atom is -0.312 e. The molecular formula is C20H23FN6. The van der Waals surface area contributed by atoms with E-state index in [-0.39, 0.29) is 5.82 Å². The summed E-state index contributed by atoms with van der Waals surface area (Å²) >= 11 is 0. The van der Waals surface area contributed by atoms with Crippen molar-refractivity contribution < 1.29 is 4.39 Å². The minimum atomic E-state index is -0.191. The molecule has 1 fully saturated rings. The van der Waals surface area contributed by atoms with E-state index in [2.05, 4.69) is 30.0 Å². The molecule has 0 amide bonds. The Balaban J connectivity index is 1.30. The molecule has 1 N–H and O–H groups in total. The summed E-state index contributed by atoms with van der Waals surface area (Å²) in [4.78, 5) is 6.87. The Bertz CT molecular complexity index is 960. The third-order valence-electron chi connectivity index (χ3n) is 5.75. The molecule has 2 aromatic heterocycles. The number of benzene rings is 1. The number of piperidine rings is 1. The molecule has 27 heavy (non-hydrogen) atoms. The zero-order chi connectivity index (χ0) is 18.2. The lowest BCUT2D eigenvalue weighted by Gasteiger charge is -2.32. The van der Waals surface area contributed by atoms with Crippen LogP contribution in [0, 0.1) is 5.82 Å². The molecule has 2 aliphatic rings. The summed E-state index contributed by atoms with van der Waals surface area (Å²) in [5.41, 5.74) is 1.87. The second kappa shape index (κ2) is 6.98. The van der Waals surface area contributed by atoms with Gasteiger partial charge in [0.2, 0.25) is 0 Å². The van der Waals surface area contributed by atoms with Crippen LogP contribution in [0.1, 0.15) is 36.0 Å². The van der Waals surface area contributed by atoms with Crippen molar-refractivity contribution in [3.63, 3.8) is 0 Å². The van der Waals surface area contributed by atoms with Gasteiger partial charge in [-0.2, -0.15) is 0 Å². The molecule has 5 rings (SSSR count). The van der Waals surface area contributed by atoms with Crippen LogP contribution in [-0.2, 0) is 19.6 Å². The molecule has 6 nitrogen and oxygen atoms in total. The van der Waals surface area contributed by atoms with Crippen molar-refractivity contribution in [2.45, 2.75) is 38.4 Å². The highest BCUT2D eigenvalue weighted by atomic mass is 19.1. The first kappa shape index (κ1) is 16.8. The second-order valence-corrected chi connectivity index (χ2v) is 7.49. The SMILES string of the molecule is Fc1cc(CN2CCC(c3nnc4n3CCNC4)CC2)c2ncccc2c1. The number of aromatic nitrogens is 4. The zero-order valence-corrected chi connectivity index (χ0v) is 15.2. The molecule has 1 aromatic carbocycles. The number of halogens is 1. The van der Waals surface area contributed by atoms with Crippen LogP contribution in [0.3, 0.4) is 0 Å². The lowest BCUT2D eigenvalue weighted by Crippen LogP contribution is -2.34. The van der Waals surface area contributed by atoms with E-state index < -0.39 is 0 Å². The van der Waals surface area contributed by atoms with Crippen molar-refractivity contribution in [3.05, 3.63) is 53.5 Å². The maximum atomic E-state index is 14.0. The largest absolute Gasteiger partial charge is 0.312 e. The van der Waals surface area contributed by atoms with Gasteiger partial charge in [-0.15, -0.1) is 10.2 Å². The molecule has 1 saturated heterocycles. The maximum Gasteiger partial charge on any atom is 0.147 e. The molecule has 0 atom stereocenters. The van der Waals surface area contributed by atoms with Gasteiger partial charge in [-0.25, -0.2) is 4.39 Å². The summed E-state index contributed by atoms with van der Waals surface area (Å²) in [5.74, 6) is 2.46. The van der Waals surface area contributed by atoms with E-state index in [4.69, 9.17) is 0 Å². The van der Waals surface area contributed by atoms with Gasteiger partial charge in [0.25, 0.3) is 0 Å². The van der Waals surface area contributed by atoms with Gasteiger partial charge in [-0.3, -0.25) is 9.88 Å². The number of hydrogen-bond acceptors (Lipinski definition) is 5. The summed E-state index contributed by atoms with van der Waals surface area (Å²) < 4.78 is 16.3. The van der Waals surface area contributed by atoms with E-state index in [1.807, 2.05) is 12.1 Å². The first-order chi connectivity index (χ1) is 13.3. The fourth-order valence-corrected chi connectivity index (χ4v) is 4.35. The van der Waals surface area contributed by atoms with E-state index in [9.17, 15) is 4.39 Å².